The number of thioether (sulfide) groups is 1. The van der Waals surface area contributed by atoms with Crippen molar-refractivity contribution < 1.29 is 0 Å². The van der Waals surface area contributed by atoms with Gasteiger partial charge in [-0.15, -0.1) is 11.8 Å². The predicted octanol–water partition coefficient (Wildman–Crippen LogP) is 3.88. The molecule has 0 aliphatic carbocycles. The molecule has 0 radical (unpaired) electrons. The fourth-order valence-electron chi connectivity index (χ4n) is 1.76. The fourth-order valence-corrected chi connectivity index (χ4v) is 2.53. The third-order valence-corrected chi connectivity index (χ3v) is 3.99. The van der Waals surface area contributed by atoms with Crippen molar-refractivity contribution in [3.05, 3.63) is 47.2 Å². The van der Waals surface area contributed by atoms with Gasteiger partial charge in [-0.25, -0.2) is 9.50 Å². The molecule has 0 saturated heterocycles. The van der Waals surface area contributed by atoms with Crippen LogP contribution in [0.2, 0.25) is 0 Å². The average Bonchev–Trinajstić information content (AvgIpc) is 2.80. The van der Waals surface area contributed by atoms with E-state index in [0.717, 1.165) is 21.5 Å². The molecule has 0 spiro atoms. The molecule has 3 aromatic rings. The molecule has 90 valence electrons. The third-order valence-electron chi connectivity index (χ3n) is 2.71. The van der Waals surface area contributed by atoms with E-state index in [1.807, 2.05) is 12.1 Å². The Morgan fingerprint density at radius 1 is 1.11 bits per heavy atom. The summed E-state index contributed by atoms with van der Waals surface area (Å²) in [6.07, 6.45) is 3.82. The number of aromatic nitrogens is 3. The van der Waals surface area contributed by atoms with Crippen LogP contribution >= 0.6 is 27.7 Å². The zero-order valence-corrected chi connectivity index (χ0v) is 12.1. The van der Waals surface area contributed by atoms with Crippen LogP contribution in [-0.2, 0) is 0 Å². The maximum Gasteiger partial charge on any atom is 0.154 e. The van der Waals surface area contributed by atoms with E-state index in [4.69, 9.17) is 0 Å². The summed E-state index contributed by atoms with van der Waals surface area (Å²) in [6, 6.07) is 12.3. The van der Waals surface area contributed by atoms with Crippen molar-refractivity contribution in [1.29, 1.82) is 0 Å². The Hall–Kier alpha value is -1.33. The van der Waals surface area contributed by atoms with Gasteiger partial charge in [-0.05, 0) is 46.5 Å². The first-order valence-corrected chi connectivity index (χ1v) is 7.44. The van der Waals surface area contributed by atoms with Gasteiger partial charge in [-0.3, -0.25) is 0 Å². The highest BCUT2D eigenvalue weighted by atomic mass is 79.9. The van der Waals surface area contributed by atoms with Gasteiger partial charge in [0.05, 0.1) is 11.9 Å². The number of nitrogens with zero attached hydrogens (tertiary/aromatic N) is 3. The van der Waals surface area contributed by atoms with Crippen molar-refractivity contribution in [2.75, 3.05) is 6.26 Å². The van der Waals surface area contributed by atoms with Crippen LogP contribution in [0.3, 0.4) is 0 Å². The van der Waals surface area contributed by atoms with Crippen molar-refractivity contribution in [2.45, 2.75) is 4.90 Å². The first-order chi connectivity index (χ1) is 8.78. The summed E-state index contributed by atoms with van der Waals surface area (Å²) in [5, 5.41) is 4.56. The number of benzene rings is 1. The third kappa shape index (κ3) is 2.04. The Bertz CT molecular complexity index is 691. The summed E-state index contributed by atoms with van der Waals surface area (Å²) in [7, 11) is 0. The molecule has 18 heavy (non-hydrogen) atoms. The van der Waals surface area contributed by atoms with Gasteiger partial charge in [0.15, 0.2) is 5.65 Å². The van der Waals surface area contributed by atoms with Crippen LogP contribution in [0.4, 0.5) is 0 Å². The lowest BCUT2D eigenvalue weighted by Gasteiger charge is -2.03. The van der Waals surface area contributed by atoms with E-state index in [2.05, 4.69) is 56.5 Å². The summed E-state index contributed by atoms with van der Waals surface area (Å²) in [4.78, 5) is 5.48. The SMILES string of the molecule is CSc1ccc(-c2ccc3ncc(Br)n3n2)cc1. The van der Waals surface area contributed by atoms with Crippen molar-refractivity contribution in [3.63, 3.8) is 0 Å². The molecule has 5 heteroatoms. The van der Waals surface area contributed by atoms with Gasteiger partial charge in [0, 0.05) is 10.5 Å². The molecule has 0 aliphatic heterocycles. The van der Waals surface area contributed by atoms with Crippen LogP contribution in [0.1, 0.15) is 0 Å². The molecule has 3 nitrogen and oxygen atoms in total. The molecule has 0 fully saturated rings. The maximum absolute atomic E-state index is 4.56. The van der Waals surface area contributed by atoms with Gasteiger partial charge in [0.1, 0.15) is 4.60 Å². The van der Waals surface area contributed by atoms with E-state index >= 15 is 0 Å². The second-order valence-electron chi connectivity index (χ2n) is 3.80. The minimum atomic E-state index is 0.839. The average molecular weight is 320 g/mol. The molecule has 0 aliphatic rings. The number of fused-ring (bicyclic) bond motifs is 1. The van der Waals surface area contributed by atoms with Crippen molar-refractivity contribution in [3.8, 4) is 11.3 Å². The Labute approximate surface area is 117 Å². The number of halogens is 1. The van der Waals surface area contributed by atoms with E-state index in [1.54, 1.807) is 22.5 Å². The molecule has 0 unspecified atom stereocenters. The number of rotatable bonds is 2. The van der Waals surface area contributed by atoms with Gasteiger partial charge < -0.3 is 0 Å². The summed E-state index contributed by atoms with van der Waals surface area (Å²) in [5.74, 6) is 0. The lowest BCUT2D eigenvalue weighted by molar-refractivity contribution is 0.922. The van der Waals surface area contributed by atoms with E-state index in [1.165, 1.54) is 4.90 Å². The summed E-state index contributed by atoms with van der Waals surface area (Å²) >= 11 is 5.17. The maximum atomic E-state index is 4.56. The summed E-state index contributed by atoms with van der Waals surface area (Å²) in [6.45, 7) is 0. The van der Waals surface area contributed by atoms with Crippen LogP contribution in [-0.4, -0.2) is 20.9 Å². The zero-order valence-electron chi connectivity index (χ0n) is 9.67. The molecular weight excluding hydrogens is 310 g/mol. The molecule has 0 N–H and O–H groups in total. The lowest BCUT2D eigenvalue weighted by atomic mass is 10.1. The summed E-state index contributed by atoms with van der Waals surface area (Å²) < 4.78 is 2.65. The Morgan fingerprint density at radius 2 is 1.89 bits per heavy atom. The first kappa shape index (κ1) is 11.7. The molecule has 0 atom stereocenters. The van der Waals surface area contributed by atoms with E-state index in [0.29, 0.717) is 0 Å². The second-order valence-corrected chi connectivity index (χ2v) is 5.49. The molecule has 2 heterocycles. The minimum absolute atomic E-state index is 0.839. The largest absolute Gasteiger partial charge is 0.234 e. The quantitative estimate of drug-likeness (QED) is 0.671. The molecule has 0 bridgehead atoms. The van der Waals surface area contributed by atoms with Gasteiger partial charge in [-0.2, -0.15) is 5.10 Å². The normalized spacial score (nSPS) is 11.0. The van der Waals surface area contributed by atoms with Gasteiger partial charge >= 0.3 is 0 Å². The summed E-state index contributed by atoms with van der Waals surface area (Å²) in [5.41, 5.74) is 2.88. The molecular formula is C13H10BrN3S. The van der Waals surface area contributed by atoms with Crippen LogP contribution < -0.4 is 0 Å². The van der Waals surface area contributed by atoms with Crippen LogP contribution in [0.5, 0.6) is 0 Å². The molecule has 2 aromatic heterocycles. The zero-order chi connectivity index (χ0) is 12.5. The first-order valence-electron chi connectivity index (χ1n) is 5.42. The number of imidazole rings is 1. The van der Waals surface area contributed by atoms with Gasteiger partial charge in [0.2, 0.25) is 0 Å². The molecule has 0 amide bonds. The van der Waals surface area contributed by atoms with E-state index < -0.39 is 0 Å². The molecule has 0 saturated carbocycles. The Balaban J connectivity index is 2.09. The highest BCUT2D eigenvalue weighted by molar-refractivity contribution is 9.10. The van der Waals surface area contributed by atoms with Crippen molar-refractivity contribution in [1.82, 2.24) is 14.6 Å². The highest BCUT2D eigenvalue weighted by Gasteiger charge is 2.04. The van der Waals surface area contributed by atoms with Crippen molar-refractivity contribution >= 4 is 33.3 Å². The van der Waals surface area contributed by atoms with Crippen LogP contribution in [0.15, 0.2) is 52.1 Å². The van der Waals surface area contributed by atoms with E-state index in [9.17, 15) is 0 Å². The number of hydrogen-bond donors (Lipinski definition) is 0. The van der Waals surface area contributed by atoms with Crippen molar-refractivity contribution in [2.24, 2.45) is 0 Å². The number of hydrogen-bond acceptors (Lipinski definition) is 3. The molecule has 1 aromatic carbocycles. The molecule has 3 rings (SSSR count). The predicted molar refractivity (Wildman–Crippen MR) is 77.9 cm³/mol. The fraction of sp³-hybridized carbons (Fsp3) is 0.0769. The smallest absolute Gasteiger partial charge is 0.154 e. The Morgan fingerprint density at radius 3 is 2.61 bits per heavy atom. The van der Waals surface area contributed by atoms with Crippen LogP contribution in [0, 0.1) is 0 Å². The highest BCUT2D eigenvalue weighted by Crippen LogP contribution is 2.22. The second kappa shape index (κ2) is 4.74. The topological polar surface area (TPSA) is 30.2 Å². The van der Waals surface area contributed by atoms with E-state index in [-0.39, 0.29) is 0 Å². The Kier molecular flexibility index (Phi) is 3.09. The lowest BCUT2D eigenvalue weighted by Crippen LogP contribution is -1.94. The minimum Gasteiger partial charge on any atom is -0.234 e. The standard InChI is InChI=1S/C13H10BrN3S/c1-18-10-4-2-9(3-5-10)11-6-7-13-15-8-12(14)17(13)16-11/h2-8H,1H3. The van der Waals surface area contributed by atoms with Gasteiger partial charge in [0.25, 0.3) is 0 Å². The monoisotopic (exact) mass is 319 g/mol. The van der Waals surface area contributed by atoms with Gasteiger partial charge in [-0.1, -0.05) is 12.1 Å². The van der Waals surface area contributed by atoms with Crippen LogP contribution in [0.25, 0.3) is 16.9 Å².